The predicted molar refractivity (Wildman–Crippen MR) is 106 cm³/mol. The average Bonchev–Trinajstić information content (AvgIpc) is 3.09. The molecule has 4 aromatic rings. The first-order valence-electron chi connectivity index (χ1n) is 8.93. The first-order chi connectivity index (χ1) is 13.9. The largest absolute Gasteiger partial charge is 0.496 e. The number of ether oxygens (including phenoxy) is 1. The molecular weight excluding hydrogens is 374 g/mol. The van der Waals surface area contributed by atoms with Gasteiger partial charge in [-0.2, -0.15) is 0 Å². The summed E-state index contributed by atoms with van der Waals surface area (Å²) in [6.07, 6.45) is 1.44. The molecule has 0 radical (unpaired) electrons. The minimum absolute atomic E-state index is 0.0280. The zero-order valence-electron chi connectivity index (χ0n) is 16.5. The molecule has 0 amide bonds. The van der Waals surface area contributed by atoms with E-state index in [2.05, 4.69) is 15.0 Å². The van der Waals surface area contributed by atoms with Crippen molar-refractivity contribution in [2.45, 2.75) is 20.4 Å². The second kappa shape index (κ2) is 7.01. The van der Waals surface area contributed by atoms with E-state index in [9.17, 15) is 9.59 Å². The van der Waals surface area contributed by atoms with Gasteiger partial charge in [0.1, 0.15) is 28.4 Å². The number of rotatable bonds is 4. The van der Waals surface area contributed by atoms with Gasteiger partial charge >= 0.3 is 5.69 Å². The molecule has 0 bridgehead atoms. The predicted octanol–water partition coefficient (Wildman–Crippen LogP) is 1.82. The van der Waals surface area contributed by atoms with Crippen molar-refractivity contribution < 1.29 is 9.15 Å². The Balaban J connectivity index is 1.83. The van der Waals surface area contributed by atoms with E-state index in [4.69, 9.17) is 9.15 Å². The zero-order chi connectivity index (χ0) is 20.7. The Morgan fingerprint density at radius 2 is 1.90 bits per heavy atom. The maximum absolute atomic E-state index is 12.9. The van der Waals surface area contributed by atoms with Crippen LogP contribution >= 0.6 is 0 Å². The smallest absolute Gasteiger partial charge is 0.332 e. The summed E-state index contributed by atoms with van der Waals surface area (Å²) in [6, 6.07) is 7.33. The van der Waals surface area contributed by atoms with Crippen molar-refractivity contribution in [2.24, 2.45) is 7.05 Å². The summed E-state index contributed by atoms with van der Waals surface area (Å²) in [7, 11) is 3.14. The first-order valence-corrected chi connectivity index (χ1v) is 8.93. The van der Waals surface area contributed by atoms with Gasteiger partial charge in [-0.15, -0.1) is 0 Å². The van der Waals surface area contributed by atoms with Crippen LogP contribution in [0, 0.1) is 13.8 Å². The highest BCUT2D eigenvalue weighted by Gasteiger charge is 2.18. The van der Waals surface area contributed by atoms with Crippen LogP contribution in [0.1, 0.15) is 17.3 Å². The number of aryl methyl sites for hydroxylation is 3. The summed E-state index contributed by atoms with van der Waals surface area (Å²) in [4.78, 5) is 38.5. The molecule has 9 heteroatoms. The molecule has 0 aliphatic carbocycles. The lowest BCUT2D eigenvalue weighted by atomic mass is 10.2. The lowest BCUT2D eigenvalue weighted by molar-refractivity contribution is 0.414. The molecule has 0 spiro atoms. The molecule has 1 aromatic carbocycles. The molecular formula is C20H19N5O4. The van der Waals surface area contributed by atoms with E-state index in [0.29, 0.717) is 40.1 Å². The molecule has 148 valence electrons. The van der Waals surface area contributed by atoms with Gasteiger partial charge in [0.2, 0.25) is 5.89 Å². The third kappa shape index (κ3) is 3.10. The molecule has 29 heavy (non-hydrogen) atoms. The van der Waals surface area contributed by atoms with Crippen molar-refractivity contribution in [1.29, 1.82) is 0 Å². The Morgan fingerprint density at radius 1 is 1.14 bits per heavy atom. The fourth-order valence-electron chi connectivity index (χ4n) is 3.17. The minimum atomic E-state index is -0.484. The highest BCUT2D eigenvalue weighted by Crippen LogP contribution is 2.30. The SMILES string of the molecule is COc1ccccc1-c1nc(Cn2c(=O)c3cnc(C)nc3n(C)c2=O)c(C)o1. The third-order valence-electron chi connectivity index (χ3n) is 4.74. The Morgan fingerprint density at radius 3 is 2.66 bits per heavy atom. The van der Waals surface area contributed by atoms with Crippen LogP contribution in [0.4, 0.5) is 0 Å². The van der Waals surface area contributed by atoms with Gasteiger partial charge in [-0.25, -0.2) is 19.7 Å². The van der Waals surface area contributed by atoms with E-state index in [1.807, 2.05) is 18.2 Å². The molecule has 0 unspecified atom stereocenters. The monoisotopic (exact) mass is 393 g/mol. The molecule has 0 N–H and O–H groups in total. The highest BCUT2D eigenvalue weighted by molar-refractivity contribution is 5.72. The number of benzene rings is 1. The molecule has 0 saturated carbocycles. The topological polar surface area (TPSA) is 105 Å². The van der Waals surface area contributed by atoms with Crippen molar-refractivity contribution in [3.8, 4) is 17.2 Å². The van der Waals surface area contributed by atoms with Crippen LogP contribution in [0.15, 0.2) is 44.5 Å². The van der Waals surface area contributed by atoms with Crippen LogP contribution in [0.5, 0.6) is 5.75 Å². The molecule has 0 aliphatic heterocycles. The van der Waals surface area contributed by atoms with Gasteiger partial charge in [-0.3, -0.25) is 13.9 Å². The minimum Gasteiger partial charge on any atom is -0.496 e. The van der Waals surface area contributed by atoms with Gasteiger partial charge < -0.3 is 9.15 Å². The van der Waals surface area contributed by atoms with Crippen molar-refractivity contribution >= 4 is 11.0 Å². The summed E-state index contributed by atoms with van der Waals surface area (Å²) in [6.45, 7) is 3.41. The average molecular weight is 393 g/mol. The van der Waals surface area contributed by atoms with Gasteiger partial charge in [0.05, 0.1) is 19.2 Å². The second-order valence-corrected chi connectivity index (χ2v) is 6.61. The second-order valence-electron chi connectivity index (χ2n) is 6.61. The molecule has 0 atom stereocenters. The maximum Gasteiger partial charge on any atom is 0.332 e. The van der Waals surface area contributed by atoms with Crippen LogP contribution in [0.25, 0.3) is 22.5 Å². The number of hydrogen-bond donors (Lipinski definition) is 0. The van der Waals surface area contributed by atoms with Crippen LogP contribution in [-0.2, 0) is 13.6 Å². The van der Waals surface area contributed by atoms with E-state index in [1.54, 1.807) is 34.1 Å². The highest BCUT2D eigenvalue weighted by atomic mass is 16.5. The van der Waals surface area contributed by atoms with Crippen molar-refractivity contribution in [1.82, 2.24) is 24.1 Å². The lowest BCUT2D eigenvalue weighted by Crippen LogP contribution is -2.40. The van der Waals surface area contributed by atoms with Gasteiger partial charge in [-0.1, -0.05) is 12.1 Å². The number of para-hydroxylation sites is 1. The van der Waals surface area contributed by atoms with E-state index in [1.165, 1.54) is 10.8 Å². The number of methoxy groups -OCH3 is 1. The summed E-state index contributed by atoms with van der Waals surface area (Å²) < 4.78 is 13.6. The Kier molecular flexibility index (Phi) is 4.50. The van der Waals surface area contributed by atoms with Gasteiger partial charge in [0, 0.05) is 13.2 Å². The van der Waals surface area contributed by atoms with E-state index >= 15 is 0 Å². The Labute approximate surface area is 165 Å². The zero-order valence-corrected chi connectivity index (χ0v) is 16.5. The Hall–Kier alpha value is -3.75. The van der Waals surface area contributed by atoms with Crippen LogP contribution < -0.4 is 16.0 Å². The van der Waals surface area contributed by atoms with Crippen LogP contribution in [-0.4, -0.2) is 31.2 Å². The Bertz CT molecular complexity index is 1350. The van der Waals surface area contributed by atoms with Crippen molar-refractivity contribution in [2.75, 3.05) is 7.11 Å². The fraction of sp³-hybridized carbons (Fsp3) is 0.250. The lowest BCUT2D eigenvalue weighted by Gasteiger charge is -2.09. The van der Waals surface area contributed by atoms with E-state index in [-0.39, 0.29) is 11.9 Å². The number of hydrogen-bond acceptors (Lipinski definition) is 7. The number of oxazole rings is 1. The summed E-state index contributed by atoms with van der Waals surface area (Å²) in [5.41, 5.74) is 0.519. The van der Waals surface area contributed by atoms with Crippen molar-refractivity contribution in [3.63, 3.8) is 0 Å². The first kappa shape index (κ1) is 18.6. The molecule has 0 fully saturated rings. The molecule has 9 nitrogen and oxygen atoms in total. The van der Waals surface area contributed by atoms with E-state index in [0.717, 1.165) is 4.57 Å². The fourth-order valence-corrected chi connectivity index (χ4v) is 3.17. The molecule has 0 aliphatic rings. The molecule has 4 rings (SSSR count). The number of nitrogens with zero attached hydrogens (tertiary/aromatic N) is 5. The van der Waals surface area contributed by atoms with Gasteiger partial charge in [0.25, 0.3) is 5.56 Å². The quantitative estimate of drug-likeness (QED) is 0.521. The van der Waals surface area contributed by atoms with Gasteiger partial charge in [0.15, 0.2) is 5.65 Å². The van der Waals surface area contributed by atoms with E-state index < -0.39 is 11.2 Å². The summed E-state index contributed by atoms with van der Waals surface area (Å²) in [5, 5.41) is 0.267. The normalized spacial score (nSPS) is 11.2. The van der Waals surface area contributed by atoms with Crippen molar-refractivity contribution in [3.05, 3.63) is 68.6 Å². The number of aromatic nitrogens is 5. The van der Waals surface area contributed by atoms with Crippen LogP contribution in [0.3, 0.4) is 0 Å². The summed E-state index contributed by atoms with van der Waals surface area (Å²) in [5.74, 6) is 1.98. The molecule has 3 aromatic heterocycles. The third-order valence-corrected chi connectivity index (χ3v) is 4.74. The molecule has 0 saturated heterocycles. The molecule has 3 heterocycles. The van der Waals surface area contributed by atoms with Gasteiger partial charge in [-0.05, 0) is 26.0 Å². The summed E-state index contributed by atoms with van der Waals surface area (Å²) >= 11 is 0. The maximum atomic E-state index is 12.9. The standard InChI is InChI=1S/C20H19N5O4/c1-11-15(23-18(29-11)13-7-5-6-8-16(13)28-4)10-25-19(26)14-9-21-12(2)22-17(14)24(3)20(25)27/h5-9H,10H2,1-4H3. The van der Waals surface area contributed by atoms with Crippen LogP contribution in [0.2, 0.25) is 0 Å². The number of fused-ring (bicyclic) bond motifs is 1.